The summed E-state index contributed by atoms with van der Waals surface area (Å²) in [4.78, 5) is 10.1. The Balaban J connectivity index is 0.00000144. The Kier molecular flexibility index (Phi) is 5.81. The SMILES string of the molecule is Cl.O=C(O)NCc1cccc(I)c1. The molecule has 0 saturated carbocycles. The summed E-state index contributed by atoms with van der Waals surface area (Å²) in [6, 6.07) is 7.69. The Morgan fingerprint density at radius 3 is 2.77 bits per heavy atom. The van der Waals surface area contributed by atoms with Gasteiger partial charge in [-0.1, -0.05) is 12.1 Å². The Hall–Kier alpha value is -0.490. The van der Waals surface area contributed by atoms with Gasteiger partial charge in [0.15, 0.2) is 0 Å². The molecule has 0 aromatic heterocycles. The summed E-state index contributed by atoms with van der Waals surface area (Å²) < 4.78 is 1.11. The van der Waals surface area contributed by atoms with E-state index in [2.05, 4.69) is 27.9 Å². The maximum absolute atomic E-state index is 10.1. The van der Waals surface area contributed by atoms with E-state index >= 15 is 0 Å². The fourth-order valence-electron chi connectivity index (χ4n) is 0.825. The highest BCUT2D eigenvalue weighted by Crippen LogP contribution is 2.06. The first kappa shape index (κ1) is 12.5. The van der Waals surface area contributed by atoms with Crippen LogP contribution in [0.4, 0.5) is 4.79 Å². The molecule has 2 N–H and O–H groups in total. The maximum atomic E-state index is 10.1. The lowest BCUT2D eigenvalue weighted by molar-refractivity contribution is 0.194. The minimum atomic E-state index is -0.992. The van der Waals surface area contributed by atoms with Crippen LogP contribution in [-0.4, -0.2) is 11.2 Å². The van der Waals surface area contributed by atoms with Gasteiger partial charge in [0, 0.05) is 10.1 Å². The van der Waals surface area contributed by atoms with Crippen molar-refractivity contribution in [1.29, 1.82) is 0 Å². The van der Waals surface area contributed by atoms with Gasteiger partial charge in [-0.2, -0.15) is 0 Å². The van der Waals surface area contributed by atoms with Gasteiger partial charge < -0.3 is 10.4 Å². The number of hydrogen-bond acceptors (Lipinski definition) is 1. The largest absolute Gasteiger partial charge is 0.465 e. The number of hydrogen-bond donors (Lipinski definition) is 2. The number of halogens is 2. The predicted molar refractivity (Wildman–Crippen MR) is 61.3 cm³/mol. The zero-order chi connectivity index (χ0) is 8.97. The van der Waals surface area contributed by atoms with E-state index in [1.807, 2.05) is 24.3 Å². The molecule has 1 aromatic rings. The number of rotatable bonds is 2. The second kappa shape index (κ2) is 6.04. The summed E-state index contributed by atoms with van der Waals surface area (Å²) >= 11 is 2.19. The van der Waals surface area contributed by atoms with E-state index in [-0.39, 0.29) is 12.4 Å². The van der Waals surface area contributed by atoms with Crippen LogP contribution in [0, 0.1) is 3.57 Å². The van der Waals surface area contributed by atoms with E-state index in [0.717, 1.165) is 9.13 Å². The third-order valence-corrected chi connectivity index (χ3v) is 2.00. The normalized spacial score (nSPS) is 8.69. The van der Waals surface area contributed by atoms with Crippen LogP contribution in [0.15, 0.2) is 24.3 Å². The highest BCUT2D eigenvalue weighted by atomic mass is 127. The first-order valence-electron chi connectivity index (χ1n) is 3.40. The number of carbonyl (C=O) groups is 1. The lowest BCUT2D eigenvalue weighted by atomic mass is 10.2. The molecule has 0 aliphatic heterocycles. The highest BCUT2D eigenvalue weighted by molar-refractivity contribution is 14.1. The Bertz CT molecular complexity index is 293. The molecule has 1 amide bonds. The van der Waals surface area contributed by atoms with Crippen molar-refractivity contribution in [2.75, 3.05) is 0 Å². The van der Waals surface area contributed by atoms with Gasteiger partial charge in [0.1, 0.15) is 0 Å². The lowest BCUT2D eigenvalue weighted by Crippen LogP contribution is -2.19. The fourth-order valence-corrected chi connectivity index (χ4v) is 1.43. The van der Waals surface area contributed by atoms with Crippen LogP contribution in [-0.2, 0) is 6.54 Å². The number of amides is 1. The quantitative estimate of drug-likeness (QED) is 0.824. The van der Waals surface area contributed by atoms with Gasteiger partial charge in [0.2, 0.25) is 0 Å². The minimum Gasteiger partial charge on any atom is -0.465 e. The van der Waals surface area contributed by atoms with Crippen molar-refractivity contribution in [3.63, 3.8) is 0 Å². The van der Waals surface area contributed by atoms with Crippen molar-refractivity contribution < 1.29 is 9.90 Å². The minimum absolute atomic E-state index is 0. The van der Waals surface area contributed by atoms with Crippen molar-refractivity contribution in [3.05, 3.63) is 33.4 Å². The molecule has 1 aromatic carbocycles. The standard InChI is InChI=1S/C8H8INO2.ClH/c9-7-3-1-2-6(4-7)5-10-8(11)12;/h1-4,10H,5H2,(H,11,12);1H. The van der Waals surface area contributed by atoms with Crippen LogP contribution in [0.2, 0.25) is 0 Å². The van der Waals surface area contributed by atoms with E-state index in [9.17, 15) is 4.79 Å². The summed E-state index contributed by atoms with van der Waals surface area (Å²) in [5, 5.41) is 10.6. The summed E-state index contributed by atoms with van der Waals surface area (Å²) in [5.41, 5.74) is 0.976. The summed E-state index contributed by atoms with van der Waals surface area (Å²) in [6.07, 6.45) is -0.992. The second-order valence-electron chi connectivity index (χ2n) is 2.29. The Morgan fingerprint density at radius 1 is 1.54 bits per heavy atom. The van der Waals surface area contributed by atoms with Crippen LogP contribution in [0.1, 0.15) is 5.56 Å². The second-order valence-corrected chi connectivity index (χ2v) is 3.53. The molecule has 0 unspecified atom stereocenters. The molecule has 0 radical (unpaired) electrons. The third-order valence-electron chi connectivity index (χ3n) is 1.33. The summed E-state index contributed by atoms with van der Waals surface area (Å²) in [7, 11) is 0. The smallest absolute Gasteiger partial charge is 0.404 e. The zero-order valence-corrected chi connectivity index (χ0v) is 9.63. The lowest BCUT2D eigenvalue weighted by Gasteiger charge is -2.00. The van der Waals surface area contributed by atoms with Crippen molar-refractivity contribution in [1.82, 2.24) is 5.32 Å². The summed E-state index contributed by atoms with van der Waals surface area (Å²) in [5.74, 6) is 0. The van der Waals surface area contributed by atoms with Crippen molar-refractivity contribution in [2.24, 2.45) is 0 Å². The van der Waals surface area contributed by atoms with Gasteiger partial charge in [0.25, 0.3) is 0 Å². The number of nitrogens with one attached hydrogen (secondary N) is 1. The summed E-state index contributed by atoms with van der Waals surface area (Å²) in [6.45, 7) is 0.367. The van der Waals surface area contributed by atoms with Crippen molar-refractivity contribution >= 4 is 41.1 Å². The van der Waals surface area contributed by atoms with Gasteiger partial charge in [-0.15, -0.1) is 12.4 Å². The Labute approximate surface area is 96.1 Å². The van der Waals surface area contributed by atoms with Gasteiger partial charge in [-0.3, -0.25) is 0 Å². The molecule has 0 spiro atoms. The molecule has 0 heterocycles. The van der Waals surface area contributed by atoms with Crippen LogP contribution >= 0.6 is 35.0 Å². The molecule has 0 fully saturated rings. The van der Waals surface area contributed by atoms with E-state index < -0.39 is 6.09 Å². The average Bonchev–Trinajstić information content (AvgIpc) is 2.01. The van der Waals surface area contributed by atoms with E-state index in [4.69, 9.17) is 5.11 Å². The van der Waals surface area contributed by atoms with Crippen LogP contribution in [0.3, 0.4) is 0 Å². The average molecular weight is 314 g/mol. The molecule has 0 bridgehead atoms. The molecule has 13 heavy (non-hydrogen) atoms. The molecule has 0 saturated heterocycles. The molecule has 0 aliphatic carbocycles. The monoisotopic (exact) mass is 313 g/mol. The topological polar surface area (TPSA) is 49.3 Å². The first-order valence-corrected chi connectivity index (χ1v) is 4.47. The molecule has 0 aliphatic rings. The number of benzene rings is 1. The predicted octanol–water partition coefficient (Wildman–Crippen LogP) is 2.48. The Morgan fingerprint density at radius 2 is 2.23 bits per heavy atom. The molecule has 5 heteroatoms. The molecular weight excluding hydrogens is 304 g/mol. The van der Waals surface area contributed by atoms with Gasteiger partial charge in [0.05, 0.1) is 0 Å². The van der Waals surface area contributed by atoms with E-state index in [1.54, 1.807) is 0 Å². The van der Waals surface area contributed by atoms with Crippen LogP contribution in [0.5, 0.6) is 0 Å². The van der Waals surface area contributed by atoms with Gasteiger partial charge >= 0.3 is 6.09 Å². The fraction of sp³-hybridized carbons (Fsp3) is 0.125. The van der Waals surface area contributed by atoms with Crippen molar-refractivity contribution in [2.45, 2.75) is 6.54 Å². The molecular formula is C8H9ClINO2. The molecule has 1 rings (SSSR count). The van der Waals surface area contributed by atoms with E-state index in [1.165, 1.54) is 0 Å². The zero-order valence-electron chi connectivity index (χ0n) is 6.66. The van der Waals surface area contributed by atoms with E-state index in [0.29, 0.717) is 6.54 Å². The third kappa shape index (κ3) is 4.94. The van der Waals surface area contributed by atoms with Crippen LogP contribution in [0.25, 0.3) is 0 Å². The van der Waals surface area contributed by atoms with Gasteiger partial charge in [-0.05, 0) is 40.3 Å². The van der Waals surface area contributed by atoms with Gasteiger partial charge in [-0.25, -0.2) is 4.79 Å². The highest BCUT2D eigenvalue weighted by Gasteiger charge is 1.95. The maximum Gasteiger partial charge on any atom is 0.404 e. The van der Waals surface area contributed by atoms with Crippen molar-refractivity contribution in [3.8, 4) is 0 Å². The molecule has 3 nitrogen and oxygen atoms in total. The first-order chi connectivity index (χ1) is 5.68. The van der Waals surface area contributed by atoms with Crippen LogP contribution < -0.4 is 5.32 Å². The molecule has 0 atom stereocenters. The number of carboxylic acid groups (broad SMARTS) is 1. The molecule has 72 valence electrons.